The molecular formula is C27H38O4. The first-order chi connectivity index (χ1) is 14.7. The lowest BCUT2D eigenvalue weighted by atomic mass is 9.46. The molecule has 31 heavy (non-hydrogen) atoms. The highest BCUT2D eigenvalue weighted by Gasteiger charge is 2.59. The van der Waals surface area contributed by atoms with E-state index in [2.05, 4.69) is 27.4 Å². The third kappa shape index (κ3) is 4.80. The van der Waals surface area contributed by atoms with Gasteiger partial charge in [-0.05, 0) is 61.5 Å². The van der Waals surface area contributed by atoms with Gasteiger partial charge >= 0.3 is 5.97 Å². The molecule has 0 heterocycles. The number of fused-ring (bicyclic) bond motifs is 1. The first-order valence-electron chi connectivity index (χ1n) is 11.6. The summed E-state index contributed by atoms with van der Waals surface area (Å²) in [4.78, 5) is 12.9. The molecule has 2 saturated carbocycles. The molecule has 2 fully saturated rings. The van der Waals surface area contributed by atoms with Crippen molar-refractivity contribution in [1.82, 2.24) is 0 Å². The SMILES string of the molecule is C=C1C[C@@H](OC(=O)c2ccccc2)[C@H]2[C@](C)(CO)CCC[C@]2(C)[C@H]1CCC(C)=CCO. The third-order valence-electron chi connectivity index (χ3n) is 7.94. The highest BCUT2D eigenvalue weighted by Crippen LogP contribution is 2.62. The molecule has 3 rings (SSSR count). The largest absolute Gasteiger partial charge is 0.458 e. The van der Waals surface area contributed by atoms with Crippen LogP contribution in [0.3, 0.4) is 0 Å². The van der Waals surface area contributed by atoms with Crippen LogP contribution in [0.2, 0.25) is 0 Å². The van der Waals surface area contributed by atoms with E-state index in [9.17, 15) is 15.0 Å². The highest BCUT2D eigenvalue weighted by atomic mass is 16.5. The number of hydrogen-bond acceptors (Lipinski definition) is 4. The summed E-state index contributed by atoms with van der Waals surface area (Å²) in [5.41, 5.74) is 2.51. The minimum Gasteiger partial charge on any atom is -0.458 e. The second-order valence-electron chi connectivity index (χ2n) is 10.1. The fraction of sp³-hybridized carbons (Fsp3) is 0.593. The number of ether oxygens (including phenoxy) is 1. The van der Waals surface area contributed by atoms with Gasteiger partial charge in [0.2, 0.25) is 0 Å². The molecular weight excluding hydrogens is 388 g/mol. The van der Waals surface area contributed by atoms with Crippen LogP contribution in [0, 0.1) is 22.7 Å². The summed E-state index contributed by atoms with van der Waals surface area (Å²) in [6, 6.07) is 9.14. The summed E-state index contributed by atoms with van der Waals surface area (Å²) in [6.07, 6.45) is 7.14. The predicted molar refractivity (Wildman–Crippen MR) is 124 cm³/mol. The molecule has 4 heteroatoms. The topological polar surface area (TPSA) is 66.8 Å². The number of aliphatic hydroxyl groups excluding tert-OH is 2. The third-order valence-corrected chi connectivity index (χ3v) is 7.94. The van der Waals surface area contributed by atoms with Gasteiger partial charge in [-0.1, -0.05) is 62.3 Å². The van der Waals surface area contributed by atoms with Crippen molar-refractivity contribution in [2.45, 2.75) is 65.4 Å². The Labute approximate surface area is 187 Å². The van der Waals surface area contributed by atoms with Crippen LogP contribution in [0.4, 0.5) is 0 Å². The summed E-state index contributed by atoms with van der Waals surface area (Å²) in [5.74, 6) is 0.0771. The first-order valence-corrected chi connectivity index (χ1v) is 11.6. The molecule has 4 nitrogen and oxygen atoms in total. The fourth-order valence-corrected chi connectivity index (χ4v) is 6.46. The molecule has 0 saturated heterocycles. The van der Waals surface area contributed by atoms with Crippen LogP contribution in [0.15, 0.2) is 54.1 Å². The quantitative estimate of drug-likeness (QED) is 0.458. The van der Waals surface area contributed by atoms with Crippen molar-refractivity contribution in [3.8, 4) is 0 Å². The van der Waals surface area contributed by atoms with Crippen molar-refractivity contribution in [2.75, 3.05) is 13.2 Å². The first kappa shape index (κ1) is 23.7. The maximum Gasteiger partial charge on any atom is 0.338 e. The van der Waals surface area contributed by atoms with Crippen molar-refractivity contribution < 1.29 is 19.7 Å². The molecule has 0 unspecified atom stereocenters. The molecule has 0 aromatic heterocycles. The molecule has 2 aliphatic rings. The molecule has 0 radical (unpaired) electrons. The van der Waals surface area contributed by atoms with Gasteiger partial charge in [0.1, 0.15) is 6.10 Å². The van der Waals surface area contributed by atoms with Gasteiger partial charge in [-0.3, -0.25) is 0 Å². The van der Waals surface area contributed by atoms with Crippen molar-refractivity contribution in [1.29, 1.82) is 0 Å². The zero-order valence-electron chi connectivity index (χ0n) is 19.3. The summed E-state index contributed by atoms with van der Waals surface area (Å²) in [5, 5.41) is 19.6. The van der Waals surface area contributed by atoms with Gasteiger partial charge in [0.05, 0.1) is 12.2 Å². The summed E-state index contributed by atoms with van der Waals surface area (Å²) >= 11 is 0. The normalized spacial score (nSPS) is 33.6. The molecule has 1 aromatic rings. The van der Waals surface area contributed by atoms with Gasteiger partial charge in [0, 0.05) is 18.9 Å². The maximum atomic E-state index is 12.9. The lowest BCUT2D eigenvalue weighted by Crippen LogP contribution is -2.58. The maximum absolute atomic E-state index is 12.9. The second kappa shape index (κ2) is 9.70. The summed E-state index contributed by atoms with van der Waals surface area (Å²) in [7, 11) is 0. The van der Waals surface area contributed by atoms with E-state index in [0.717, 1.165) is 37.7 Å². The highest BCUT2D eigenvalue weighted by molar-refractivity contribution is 5.89. The average molecular weight is 427 g/mol. The molecule has 0 aliphatic heterocycles. The van der Waals surface area contributed by atoms with Gasteiger partial charge in [-0.2, -0.15) is 0 Å². The number of carbonyl (C=O) groups excluding carboxylic acids is 1. The number of carbonyl (C=O) groups is 1. The van der Waals surface area contributed by atoms with E-state index in [1.54, 1.807) is 12.1 Å². The molecule has 2 N–H and O–H groups in total. The number of benzene rings is 1. The van der Waals surface area contributed by atoms with E-state index in [-0.39, 0.29) is 42.0 Å². The Morgan fingerprint density at radius 2 is 1.94 bits per heavy atom. The molecule has 1 aromatic carbocycles. The monoisotopic (exact) mass is 426 g/mol. The summed E-state index contributed by atoms with van der Waals surface area (Å²) in [6.45, 7) is 11.1. The van der Waals surface area contributed by atoms with Crippen molar-refractivity contribution in [3.63, 3.8) is 0 Å². The molecule has 0 amide bonds. The van der Waals surface area contributed by atoms with E-state index in [1.807, 2.05) is 24.3 Å². The van der Waals surface area contributed by atoms with E-state index < -0.39 is 0 Å². The molecule has 2 aliphatic carbocycles. The average Bonchev–Trinajstić information content (AvgIpc) is 2.73. The van der Waals surface area contributed by atoms with Crippen molar-refractivity contribution in [2.24, 2.45) is 22.7 Å². The van der Waals surface area contributed by atoms with Gasteiger partial charge in [-0.25, -0.2) is 4.79 Å². The fourth-order valence-electron chi connectivity index (χ4n) is 6.46. The Morgan fingerprint density at radius 3 is 2.58 bits per heavy atom. The Kier molecular flexibility index (Phi) is 7.43. The Balaban J connectivity index is 1.91. The van der Waals surface area contributed by atoms with Crippen LogP contribution >= 0.6 is 0 Å². The number of rotatable bonds is 7. The number of allylic oxidation sites excluding steroid dienone is 1. The van der Waals surface area contributed by atoms with Gasteiger partial charge in [0.15, 0.2) is 0 Å². The predicted octanol–water partition coefficient (Wildman–Crippen LogP) is 5.31. The molecule has 5 atom stereocenters. The van der Waals surface area contributed by atoms with Crippen molar-refractivity contribution >= 4 is 5.97 Å². The minimum atomic E-state index is -0.299. The van der Waals surface area contributed by atoms with Crippen molar-refractivity contribution in [3.05, 3.63) is 59.7 Å². The van der Waals surface area contributed by atoms with Crippen LogP contribution in [-0.4, -0.2) is 35.5 Å². The molecule has 0 spiro atoms. The number of esters is 1. The van der Waals surface area contributed by atoms with Crippen LogP contribution in [0.5, 0.6) is 0 Å². The van der Waals surface area contributed by atoms with E-state index in [1.165, 1.54) is 5.57 Å². The van der Waals surface area contributed by atoms with Gasteiger partial charge in [0.25, 0.3) is 0 Å². The lowest BCUT2D eigenvalue weighted by Gasteiger charge is -2.60. The minimum absolute atomic E-state index is 0.0669. The Morgan fingerprint density at radius 1 is 1.23 bits per heavy atom. The Hall–Kier alpha value is -1.91. The molecule has 170 valence electrons. The zero-order chi connectivity index (χ0) is 22.6. The Bertz CT molecular complexity index is 814. The van der Waals surface area contributed by atoms with Crippen LogP contribution in [-0.2, 0) is 4.74 Å². The summed E-state index contributed by atoms with van der Waals surface area (Å²) < 4.78 is 6.14. The number of aliphatic hydroxyl groups is 2. The van der Waals surface area contributed by atoms with Crippen LogP contribution < -0.4 is 0 Å². The smallest absolute Gasteiger partial charge is 0.338 e. The lowest BCUT2D eigenvalue weighted by molar-refractivity contribution is -0.145. The van der Waals surface area contributed by atoms with E-state index >= 15 is 0 Å². The van der Waals surface area contributed by atoms with E-state index in [0.29, 0.717) is 17.9 Å². The van der Waals surface area contributed by atoms with Crippen LogP contribution in [0.25, 0.3) is 0 Å². The standard InChI is InChI=1S/C27H38O4/c1-19(13-16-28)11-12-22-20(2)17-23(31-25(30)21-9-6-5-7-10-21)24-26(3,18-29)14-8-15-27(22,24)4/h5-7,9-10,13,22-24,28-29H,2,8,11-12,14-18H2,1,3-4H3/t22-,23+,24-,26-,27+/m0/s1. The van der Waals surface area contributed by atoms with Crippen LogP contribution in [0.1, 0.15) is 69.7 Å². The number of hydrogen-bond donors (Lipinski definition) is 2. The van der Waals surface area contributed by atoms with Gasteiger partial charge in [-0.15, -0.1) is 0 Å². The van der Waals surface area contributed by atoms with E-state index in [4.69, 9.17) is 4.74 Å². The van der Waals surface area contributed by atoms with Gasteiger partial charge < -0.3 is 14.9 Å². The molecule has 0 bridgehead atoms. The second-order valence-corrected chi connectivity index (χ2v) is 10.1. The zero-order valence-corrected chi connectivity index (χ0v) is 19.3.